The summed E-state index contributed by atoms with van der Waals surface area (Å²) < 4.78 is 5.61. The Labute approximate surface area is 183 Å². The monoisotopic (exact) mass is 416 g/mol. The third kappa shape index (κ3) is 5.95. The molecule has 0 unspecified atom stereocenters. The molecule has 160 valence electrons. The van der Waals surface area contributed by atoms with Gasteiger partial charge in [0.1, 0.15) is 5.75 Å². The number of hydrogen-bond acceptors (Lipinski definition) is 3. The van der Waals surface area contributed by atoms with Gasteiger partial charge in [0.25, 0.3) is 11.8 Å². The second-order valence-electron chi connectivity index (χ2n) is 7.34. The minimum atomic E-state index is -0.211. The molecule has 0 aliphatic rings. The van der Waals surface area contributed by atoms with Gasteiger partial charge in [0.05, 0.1) is 0 Å². The molecule has 0 spiro atoms. The molecule has 2 N–H and O–H groups in total. The number of ether oxygens (including phenoxy) is 1. The van der Waals surface area contributed by atoms with Gasteiger partial charge in [-0.3, -0.25) is 9.59 Å². The molecular weight excluding hydrogens is 388 g/mol. The lowest BCUT2D eigenvalue weighted by atomic mass is 10.0. The zero-order chi connectivity index (χ0) is 22.2. The van der Waals surface area contributed by atoms with Gasteiger partial charge in [0.15, 0.2) is 6.61 Å². The van der Waals surface area contributed by atoms with E-state index < -0.39 is 0 Å². The fourth-order valence-corrected chi connectivity index (χ4v) is 3.27. The first kappa shape index (κ1) is 22.1. The number of aryl methyl sites for hydroxylation is 3. The van der Waals surface area contributed by atoms with Crippen LogP contribution in [0.2, 0.25) is 0 Å². The third-order valence-electron chi connectivity index (χ3n) is 5.06. The Kier molecular flexibility index (Phi) is 7.44. The minimum absolute atomic E-state index is 0.101. The summed E-state index contributed by atoms with van der Waals surface area (Å²) in [6.45, 7) is 6.03. The van der Waals surface area contributed by atoms with Crippen LogP contribution in [0.4, 0.5) is 11.4 Å². The number of hydrogen-bond donors (Lipinski definition) is 2. The summed E-state index contributed by atoms with van der Waals surface area (Å²) in [5, 5.41) is 5.84. The number of rotatable bonds is 8. The number of para-hydroxylation sites is 1. The molecular formula is C26H28N2O3. The van der Waals surface area contributed by atoms with Gasteiger partial charge in [0, 0.05) is 16.9 Å². The van der Waals surface area contributed by atoms with Crippen LogP contribution < -0.4 is 15.4 Å². The molecule has 0 saturated heterocycles. The van der Waals surface area contributed by atoms with Gasteiger partial charge in [0.2, 0.25) is 0 Å². The highest BCUT2D eigenvalue weighted by molar-refractivity contribution is 6.04. The summed E-state index contributed by atoms with van der Waals surface area (Å²) in [4.78, 5) is 24.8. The summed E-state index contributed by atoms with van der Waals surface area (Å²) >= 11 is 0. The number of anilines is 2. The summed E-state index contributed by atoms with van der Waals surface area (Å²) in [7, 11) is 0. The molecule has 5 nitrogen and oxygen atoms in total. The second kappa shape index (κ2) is 10.4. The first-order chi connectivity index (χ1) is 15.0. The highest BCUT2D eigenvalue weighted by atomic mass is 16.5. The lowest BCUT2D eigenvalue weighted by molar-refractivity contribution is -0.118. The Balaban J connectivity index is 1.56. The molecule has 0 heterocycles. The zero-order valence-corrected chi connectivity index (χ0v) is 18.2. The number of carbonyl (C=O) groups is 2. The van der Waals surface area contributed by atoms with Crippen molar-refractivity contribution in [2.75, 3.05) is 17.2 Å². The van der Waals surface area contributed by atoms with Crippen molar-refractivity contribution in [3.63, 3.8) is 0 Å². The quantitative estimate of drug-likeness (QED) is 0.517. The number of carbonyl (C=O) groups excluding carboxylic acids is 2. The van der Waals surface area contributed by atoms with E-state index in [4.69, 9.17) is 4.74 Å². The van der Waals surface area contributed by atoms with Crippen molar-refractivity contribution >= 4 is 23.2 Å². The molecule has 0 saturated carbocycles. The van der Waals surface area contributed by atoms with Crippen molar-refractivity contribution in [2.45, 2.75) is 33.6 Å². The van der Waals surface area contributed by atoms with Gasteiger partial charge in [-0.25, -0.2) is 0 Å². The molecule has 0 fully saturated rings. The summed E-state index contributed by atoms with van der Waals surface area (Å²) in [6, 6.07) is 20.4. The first-order valence-corrected chi connectivity index (χ1v) is 10.5. The van der Waals surface area contributed by atoms with Gasteiger partial charge >= 0.3 is 0 Å². The van der Waals surface area contributed by atoms with Crippen LogP contribution in [0.3, 0.4) is 0 Å². The Morgan fingerprint density at radius 1 is 0.806 bits per heavy atom. The van der Waals surface area contributed by atoms with Crippen molar-refractivity contribution in [3.8, 4) is 5.75 Å². The fraction of sp³-hybridized carbons (Fsp3) is 0.231. The van der Waals surface area contributed by atoms with Crippen LogP contribution in [-0.4, -0.2) is 18.4 Å². The second-order valence-corrected chi connectivity index (χ2v) is 7.34. The predicted molar refractivity (Wildman–Crippen MR) is 125 cm³/mol. The topological polar surface area (TPSA) is 67.4 Å². The van der Waals surface area contributed by atoms with E-state index in [0.717, 1.165) is 40.9 Å². The van der Waals surface area contributed by atoms with E-state index in [1.807, 2.05) is 49.4 Å². The molecule has 0 radical (unpaired) electrons. The number of amides is 2. The van der Waals surface area contributed by atoms with E-state index in [9.17, 15) is 9.59 Å². The largest absolute Gasteiger partial charge is 0.484 e. The molecule has 3 rings (SSSR count). The van der Waals surface area contributed by atoms with Crippen molar-refractivity contribution in [1.82, 2.24) is 0 Å². The average molecular weight is 417 g/mol. The van der Waals surface area contributed by atoms with Crippen LogP contribution in [0, 0.1) is 6.92 Å². The molecule has 0 aromatic heterocycles. The van der Waals surface area contributed by atoms with Gasteiger partial charge in [-0.05, 0) is 67.3 Å². The van der Waals surface area contributed by atoms with Gasteiger partial charge in [-0.1, -0.05) is 49.7 Å². The van der Waals surface area contributed by atoms with Crippen LogP contribution in [-0.2, 0) is 17.6 Å². The Morgan fingerprint density at radius 3 is 2.00 bits per heavy atom. The molecule has 5 heteroatoms. The molecule has 3 aromatic carbocycles. The van der Waals surface area contributed by atoms with Crippen molar-refractivity contribution in [1.29, 1.82) is 0 Å². The minimum Gasteiger partial charge on any atom is -0.484 e. The lowest BCUT2D eigenvalue weighted by Crippen LogP contribution is -2.21. The predicted octanol–water partition coefficient (Wildman–Crippen LogP) is 5.39. The normalized spacial score (nSPS) is 10.4. The van der Waals surface area contributed by atoms with Gasteiger partial charge in [-0.2, -0.15) is 0 Å². The van der Waals surface area contributed by atoms with Crippen LogP contribution in [0.25, 0.3) is 0 Å². The molecule has 0 aliphatic heterocycles. The highest BCUT2D eigenvalue weighted by Crippen LogP contribution is 2.22. The summed E-state index contributed by atoms with van der Waals surface area (Å²) in [5.74, 6) is 0.120. The Hall–Kier alpha value is -3.60. The molecule has 0 atom stereocenters. The van der Waals surface area contributed by atoms with Crippen molar-refractivity contribution in [2.24, 2.45) is 0 Å². The molecule has 31 heavy (non-hydrogen) atoms. The number of nitrogens with one attached hydrogen (secondary N) is 2. The third-order valence-corrected chi connectivity index (χ3v) is 5.06. The maximum Gasteiger partial charge on any atom is 0.262 e. The standard InChI is InChI=1S/C26H28N2O3/c1-4-19-7-6-8-20(5-2)25(19)28-24(29)17-31-23-15-11-21(12-16-23)26(30)27-22-13-9-18(3)10-14-22/h6-16H,4-5,17H2,1-3H3,(H,27,30)(H,28,29). The average Bonchev–Trinajstić information content (AvgIpc) is 2.79. The molecule has 3 aromatic rings. The number of benzene rings is 3. The smallest absolute Gasteiger partial charge is 0.262 e. The van der Waals surface area contributed by atoms with E-state index in [-0.39, 0.29) is 18.4 Å². The molecule has 0 aliphatic carbocycles. The fourth-order valence-electron chi connectivity index (χ4n) is 3.27. The molecule has 0 bridgehead atoms. The zero-order valence-electron chi connectivity index (χ0n) is 18.2. The molecule has 2 amide bonds. The first-order valence-electron chi connectivity index (χ1n) is 10.5. The SMILES string of the molecule is CCc1cccc(CC)c1NC(=O)COc1ccc(C(=O)Nc2ccc(C)cc2)cc1. The van der Waals surface area contributed by atoms with Crippen LogP contribution >= 0.6 is 0 Å². The van der Waals surface area contributed by atoms with E-state index in [1.54, 1.807) is 24.3 Å². The Bertz CT molecular complexity index is 1020. The van der Waals surface area contributed by atoms with Crippen LogP contribution in [0.1, 0.15) is 40.9 Å². The Morgan fingerprint density at radius 2 is 1.42 bits per heavy atom. The van der Waals surface area contributed by atoms with E-state index in [1.165, 1.54) is 0 Å². The van der Waals surface area contributed by atoms with E-state index >= 15 is 0 Å². The van der Waals surface area contributed by atoms with E-state index in [0.29, 0.717) is 11.3 Å². The summed E-state index contributed by atoms with van der Waals surface area (Å²) in [5.41, 5.74) is 5.48. The summed E-state index contributed by atoms with van der Waals surface area (Å²) in [6.07, 6.45) is 1.69. The van der Waals surface area contributed by atoms with Crippen LogP contribution in [0.5, 0.6) is 5.75 Å². The van der Waals surface area contributed by atoms with Gasteiger partial charge < -0.3 is 15.4 Å². The van der Waals surface area contributed by atoms with Crippen molar-refractivity contribution < 1.29 is 14.3 Å². The lowest BCUT2D eigenvalue weighted by Gasteiger charge is -2.15. The highest BCUT2D eigenvalue weighted by Gasteiger charge is 2.11. The maximum atomic E-state index is 12.4. The van der Waals surface area contributed by atoms with Crippen LogP contribution in [0.15, 0.2) is 66.7 Å². The maximum absolute atomic E-state index is 12.4. The van der Waals surface area contributed by atoms with Gasteiger partial charge in [-0.15, -0.1) is 0 Å². The van der Waals surface area contributed by atoms with Crippen molar-refractivity contribution in [3.05, 3.63) is 89.0 Å². The van der Waals surface area contributed by atoms with E-state index in [2.05, 4.69) is 24.5 Å².